The second-order valence-corrected chi connectivity index (χ2v) is 5.13. The van der Waals surface area contributed by atoms with Crippen molar-refractivity contribution in [3.05, 3.63) is 72.3 Å². The van der Waals surface area contributed by atoms with Crippen molar-refractivity contribution in [2.75, 3.05) is 31.6 Å². The molecule has 2 aromatic carbocycles. The maximum atomic E-state index is 3.45. The Morgan fingerprint density at radius 2 is 1.62 bits per heavy atom. The Hall–Kier alpha value is -2.06. The van der Waals surface area contributed by atoms with Gasteiger partial charge in [0.15, 0.2) is 0 Å². The summed E-state index contributed by atoms with van der Waals surface area (Å²) in [5.74, 6) is 0. The highest BCUT2D eigenvalue weighted by atomic mass is 15.1. The normalized spacial score (nSPS) is 10.9. The molecule has 2 heteroatoms. The molecule has 0 saturated heterocycles. The highest BCUT2D eigenvalue weighted by Crippen LogP contribution is 2.10. The van der Waals surface area contributed by atoms with Gasteiger partial charge in [0.05, 0.1) is 0 Å². The van der Waals surface area contributed by atoms with Crippen LogP contribution in [-0.4, -0.2) is 26.7 Å². The fraction of sp³-hybridized carbons (Fsp3) is 0.263. The van der Waals surface area contributed by atoms with E-state index in [0.29, 0.717) is 0 Å². The minimum absolute atomic E-state index is 0.921. The summed E-state index contributed by atoms with van der Waals surface area (Å²) in [6, 6.07) is 20.9. The van der Waals surface area contributed by atoms with Crippen LogP contribution in [0.4, 0.5) is 5.69 Å². The molecule has 0 bridgehead atoms. The smallest absolute Gasteiger partial charge is 0.0363 e. The monoisotopic (exact) mass is 280 g/mol. The van der Waals surface area contributed by atoms with Gasteiger partial charge in [-0.05, 0) is 30.7 Å². The highest BCUT2D eigenvalue weighted by molar-refractivity contribution is 5.48. The molecular weight excluding hydrogens is 256 g/mol. The molecule has 110 valence electrons. The van der Waals surface area contributed by atoms with E-state index >= 15 is 0 Å². The number of hydrogen-bond donors (Lipinski definition) is 1. The van der Waals surface area contributed by atoms with Crippen molar-refractivity contribution < 1.29 is 0 Å². The van der Waals surface area contributed by atoms with Gasteiger partial charge in [-0.2, -0.15) is 0 Å². The summed E-state index contributed by atoms with van der Waals surface area (Å²) in [6.45, 7) is 3.03. The topological polar surface area (TPSA) is 15.3 Å². The summed E-state index contributed by atoms with van der Waals surface area (Å²) in [5.41, 5.74) is 2.53. The molecular formula is C19H24N2. The van der Waals surface area contributed by atoms with Crippen molar-refractivity contribution in [1.82, 2.24) is 5.32 Å². The van der Waals surface area contributed by atoms with E-state index in [4.69, 9.17) is 0 Å². The largest absolute Gasteiger partial charge is 0.375 e. The van der Waals surface area contributed by atoms with E-state index in [1.54, 1.807) is 0 Å². The fourth-order valence-corrected chi connectivity index (χ4v) is 2.20. The van der Waals surface area contributed by atoms with E-state index in [1.807, 2.05) is 6.07 Å². The third-order valence-electron chi connectivity index (χ3n) is 3.42. The molecule has 0 spiro atoms. The second kappa shape index (κ2) is 8.98. The molecule has 0 aliphatic rings. The summed E-state index contributed by atoms with van der Waals surface area (Å²) in [7, 11) is 2.14. The zero-order valence-electron chi connectivity index (χ0n) is 12.7. The number of benzene rings is 2. The van der Waals surface area contributed by atoms with Crippen LogP contribution in [0.2, 0.25) is 0 Å². The van der Waals surface area contributed by atoms with Gasteiger partial charge in [-0.25, -0.2) is 0 Å². The molecule has 2 aromatic rings. The Morgan fingerprint density at radius 3 is 2.33 bits per heavy atom. The van der Waals surface area contributed by atoms with Crippen molar-refractivity contribution in [1.29, 1.82) is 0 Å². The molecule has 0 atom stereocenters. The van der Waals surface area contributed by atoms with Crippen LogP contribution in [0.15, 0.2) is 66.7 Å². The lowest BCUT2D eigenvalue weighted by Gasteiger charge is -2.19. The molecule has 0 heterocycles. The number of anilines is 1. The Balaban J connectivity index is 1.57. The van der Waals surface area contributed by atoms with Crippen LogP contribution < -0.4 is 10.2 Å². The molecule has 0 saturated carbocycles. The minimum Gasteiger partial charge on any atom is -0.375 e. The van der Waals surface area contributed by atoms with E-state index in [9.17, 15) is 0 Å². The van der Waals surface area contributed by atoms with Crippen molar-refractivity contribution in [3.8, 4) is 0 Å². The Morgan fingerprint density at radius 1 is 0.952 bits per heavy atom. The number of nitrogens with one attached hydrogen (secondary N) is 1. The molecule has 0 aromatic heterocycles. The fourth-order valence-electron chi connectivity index (χ4n) is 2.20. The van der Waals surface area contributed by atoms with Gasteiger partial charge < -0.3 is 10.2 Å². The second-order valence-electron chi connectivity index (χ2n) is 5.13. The average Bonchev–Trinajstić information content (AvgIpc) is 2.55. The lowest BCUT2D eigenvalue weighted by Crippen LogP contribution is -2.23. The van der Waals surface area contributed by atoms with Gasteiger partial charge in [0.2, 0.25) is 0 Å². The first-order chi connectivity index (χ1) is 10.4. The quantitative estimate of drug-likeness (QED) is 0.740. The van der Waals surface area contributed by atoms with Crippen molar-refractivity contribution in [2.24, 2.45) is 0 Å². The van der Waals surface area contributed by atoms with Gasteiger partial charge in [0, 0.05) is 25.8 Å². The van der Waals surface area contributed by atoms with Gasteiger partial charge in [-0.1, -0.05) is 60.7 Å². The third-order valence-corrected chi connectivity index (χ3v) is 3.42. The predicted octanol–water partition coefficient (Wildman–Crippen LogP) is 3.82. The first kappa shape index (κ1) is 15.3. The molecule has 2 rings (SSSR count). The van der Waals surface area contributed by atoms with E-state index in [-0.39, 0.29) is 0 Å². The Kier molecular flexibility index (Phi) is 6.56. The number of nitrogens with zero attached hydrogens (tertiary/aromatic N) is 1. The number of rotatable bonds is 8. The maximum absolute atomic E-state index is 3.45. The summed E-state index contributed by atoms with van der Waals surface area (Å²) in [6.07, 6.45) is 5.48. The van der Waals surface area contributed by atoms with E-state index < -0.39 is 0 Å². The number of para-hydroxylation sites is 1. The van der Waals surface area contributed by atoms with Gasteiger partial charge in [-0.3, -0.25) is 0 Å². The maximum Gasteiger partial charge on any atom is 0.0363 e. The summed E-state index contributed by atoms with van der Waals surface area (Å²) < 4.78 is 0. The van der Waals surface area contributed by atoms with Crippen LogP contribution in [0, 0.1) is 0 Å². The molecule has 0 aliphatic heterocycles. The number of hydrogen-bond acceptors (Lipinski definition) is 2. The van der Waals surface area contributed by atoms with Crippen molar-refractivity contribution >= 4 is 11.8 Å². The van der Waals surface area contributed by atoms with Crippen molar-refractivity contribution in [2.45, 2.75) is 6.42 Å². The molecule has 21 heavy (non-hydrogen) atoms. The van der Waals surface area contributed by atoms with Gasteiger partial charge >= 0.3 is 0 Å². The molecule has 1 N–H and O–H groups in total. The van der Waals surface area contributed by atoms with Crippen LogP contribution in [-0.2, 0) is 0 Å². The standard InChI is InChI=1S/C19H24N2/c1-21(19-13-6-3-7-14-19)17-9-16-20-15-8-12-18-10-4-2-5-11-18/h2-8,10-14,20H,9,15-17H2,1H3. The molecule has 0 radical (unpaired) electrons. The van der Waals surface area contributed by atoms with E-state index in [2.05, 4.69) is 84.0 Å². The van der Waals surface area contributed by atoms with Crippen molar-refractivity contribution in [3.63, 3.8) is 0 Å². The van der Waals surface area contributed by atoms with E-state index in [0.717, 1.165) is 26.1 Å². The lowest BCUT2D eigenvalue weighted by molar-refractivity contribution is 0.686. The lowest BCUT2D eigenvalue weighted by atomic mass is 10.2. The first-order valence-electron chi connectivity index (χ1n) is 7.55. The van der Waals surface area contributed by atoms with Crippen LogP contribution in [0.1, 0.15) is 12.0 Å². The van der Waals surface area contributed by atoms with Gasteiger partial charge in [0.25, 0.3) is 0 Å². The van der Waals surface area contributed by atoms with Crippen LogP contribution in [0.25, 0.3) is 6.08 Å². The van der Waals surface area contributed by atoms with Crippen LogP contribution in [0.3, 0.4) is 0 Å². The van der Waals surface area contributed by atoms with Gasteiger partial charge in [-0.15, -0.1) is 0 Å². The molecule has 0 fully saturated rings. The average molecular weight is 280 g/mol. The molecule has 0 amide bonds. The summed E-state index contributed by atoms with van der Waals surface area (Å²) >= 11 is 0. The molecule has 0 unspecified atom stereocenters. The third kappa shape index (κ3) is 5.84. The minimum atomic E-state index is 0.921. The zero-order valence-corrected chi connectivity index (χ0v) is 12.7. The molecule has 2 nitrogen and oxygen atoms in total. The van der Waals surface area contributed by atoms with Crippen LogP contribution >= 0.6 is 0 Å². The Bertz CT molecular complexity index is 520. The highest BCUT2D eigenvalue weighted by Gasteiger charge is 1.98. The van der Waals surface area contributed by atoms with Crippen LogP contribution in [0.5, 0.6) is 0 Å². The first-order valence-corrected chi connectivity index (χ1v) is 7.55. The zero-order chi connectivity index (χ0) is 14.8. The summed E-state index contributed by atoms with van der Waals surface area (Å²) in [4.78, 5) is 2.29. The van der Waals surface area contributed by atoms with E-state index in [1.165, 1.54) is 11.3 Å². The molecule has 0 aliphatic carbocycles. The SMILES string of the molecule is CN(CCCNCC=Cc1ccccc1)c1ccccc1. The Labute approximate surface area is 128 Å². The summed E-state index contributed by atoms with van der Waals surface area (Å²) in [5, 5.41) is 3.45. The van der Waals surface area contributed by atoms with Gasteiger partial charge in [0.1, 0.15) is 0 Å². The predicted molar refractivity (Wildman–Crippen MR) is 92.7 cm³/mol.